The van der Waals surface area contributed by atoms with Crippen molar-refractivity contribution in [3.05, 3.63) is 54.6 Å². The SMILES string of the molecule is O=C1CSCN1c1ccc(Oc2ccccc2)cc1. The van der Waals surface area contributed by atoms with Crippen LogP contribution in [0.15, 0.2) is 54.6 Å². The third kappa shape index (κ3) is 2.74. The summed E-state index contributed by atoms with van der Waals surface area (Å²) in [6.07, 6.45) is 0. The van der Waals surface area contributed by atoms with Crippen molar-refractivity contribution in [1.82, 2.24) is 0 Å². The Morgan fingerprint density at radius 3 is 2.26 bits per heavy atom. The molecule has 0 aliphatic carbocycles. The number of carbonyl (C=O) groups excluding carboxylic acids is 1. The van der Waals surface area contributed by atoms with Gasteiger partial charge in [-0.25, -0.2) is 0 Å². The molecule has 0 aromatic heterocycles. The summed E-state index contributed by atoms with van der Waals surface area (Å²) in [7, 11) is 0. The smallest absolute Gasteiger partial charge is 0.237 e. The second kappa shape index (κ2) is 5.36. The van der Waals surface area contributed by atoms with Crippen molar-refractivity contribution in [3.63, 3.8) is 0 Å². The van der Waals surface area contributed by atoms with Crippen LogP contribution in [0.2, 0.25) is 0 Å². The third-order valence-electron chi connectivity index (χ3n) is 2.87. The van der Waals surface area contributed by atoms with Crippen molar-refractivity contribution >= 4 is 23.4 Å². The Bertz CT molecular complexity index is 568. The number of nitrogens with zero attached hydrogens (tertiary/aromatic N) is 1. The number of benzene rings is 2. The van der Waals surface area contributed by atoms with Crippen LogP contribution in [0.1, 0.15) is 0 Å². The molecular formula is C15H13NO2S. The van der Waals surface area contributed by atoms with Gasteiger partial charge >= 0.3 is 0 Å². The first-order valence-electron chi connectivity index (χ1n) is 6.04. The summed E-state index contributed by atoms with van der Waals surface area (Å²) in [6.45, 7) is 0. The molecule has 19 heavy (non-hydrogen) atoms. The third-order valence-corrected chi connectivity index (χ3v) is 3.77. The molecule has 4 heteroatoms. The van der Waals surface area contributed by atoms with Crippen LogP contribution >= 0.6 is 11.8 Å². The van der Waals surface area contributed by atoms with Gasteiger partial charge in [-0.3, -0.25) is 4.79 Å². The van der Waals surface area contributed by atoms with Gasteiger partial charge in [0.1, 0.15) is 11.5 Å². The van der Waals surface area contributed by atoms with E-state index in [-0.39, 0.29) is 5.91 Å². The van der Waals surface area contributed by atoms with Crippen LogP contribution in [0.4, 0.5) is 5.69 Å². The second-order valence-electron chi connectivity index (χ2n) is 4.21. The molecule has 0 atom stereocenters. The number of anilines is 1. The van der Waals surface area contributed by atoms with E-state index in [4.69, 9.17) is 4.74 Å². The monoisotopic (exact) mass is 271 g/mol. The molecule has 1 aliphatic rings. The fourth-order valence-corrected chi connectivity index (χ4v) is 2.81. The minimum Gasteiger partial charge on any atom is -0.457 e. The molecule has 0 spiro atoms. The van der Waals surface area contributed by atoms with Gasteiger partial charge in [0.15, 0.2) is 0 Å². The molecule has 2 aromatic rings. The van der Waals surface area contributed by atoms with Crippen molar-refractivity contribution < 1.29 is 9.53 Å². The Morgan fingerprint density at radius 1 is 0.947 bits per heavy atom. The highest BCUT2D eigenvalue weighted by molar-refractivity contribution is 8.00. The Morgan fingerprint density at radius 2 is 1.63 bits per heavy atom. The van der Waals surface area contributed by atoms with Gasteiger partial charge in [0.2, 0.25) is 5.91 Å². The summed E-state index contributed by atoms with van der Waals surface area (Å²) >= 11 is 1.64. The highest BCUT2D eigenvalue weighted by Crippen LogP contribution is 2.27. The highest BCUT2D eigenvalue weighted by Gasteiger charge is 2.21. The average molecular weight is 271 g/mol. The summed E-state index contributed by atoms with van der Waals surface area (Å²) in [6, 6.07) is 17.3. The van der Waals surface area contributed by atoms with Crippen LogP contribution in [0.5, 0.6) is 11.5 Å². The molecule has 1 heterocycles. The summed E-state index contributed by atoms with van der Waals surface area (Å²) in [4.78, 5) is 13.4. The fourth-order valence-electron chi connectivity index (χ4n) is 1.91. The largest absolute Gasteiger partial charge is 0.457 e. The standard InChI is InChI=1S/C15H13NO2S/c17-15-10-19-11-16(15)12-6-8-14(9-7-12)18-13-4-2-1-3-5-13/h1-9H,10-11H2. The van der Waals surface area contributed by atoms with Crippen molar-refractivity contribution in [2.24, 2.45) is 0 Å². The van der Waals surface area contributed by atoms with Crippen LogP contribution in [0, 0.1) is 0 Å². The predicted molar refractivity (Wildman–Crippen MR) is 77.8 cm³/mol. The maximum absolute atomic E-state index is 11.6. The van der Waals surface area contributed by atoms with Gasteiger partial charge < -0.3 is 9.64 Å². The zero-order chi connectivity index (χ0) is 13.1. The first kappa shape index (κ1) is 12.1. The number of rotatable bonds is 3. The van der Waals surface area contributed by atoms with Gasteiger partial charge in [-0.15, -0.1) is 11.8 Å². The van der Waals surface area contributed by atoms with Gasteiger partial charge in [-0.2, -0.15) is 0 Å². The van der Waals surface area contributed by atoms with E-state index >= 15 is 0 Å². The number of para-hydroxylation sites is 1. The summed E-state index contributed by atoms with van der Waals surface area (Å²) in [5.41, 5.74) is 0.926. The Balaban J connectivity index is 1.74. The van der Waals surface area contributed by atoms with Gasteiger partial charge in [-0.05, 0) is 36.4 Å². The number of ether oxygens (including phenoxy) is 1. The minimum atomic E-state index is 0.168. The van der Waals surface area contributed by atoms with E-state index in [0.717, 1.165) is 23.1 Å². The van der Waals surface area contributed by atoms with E-state index in [9.17, 15) is 4.79 Å². The molecule has 2 aromatic carbocycles. The second-order valence-corrected chi connectivity index (χ2v) is 5.16. The molecule has 1 amide bonds. The zero-order valence-corrected chi connectivity index (χ0v) is 11.1. The maximum Gasteiger partial charge on any atom is 0.237 e. The summed E-state index contributed by atoms with van der Waals surface area (Å²) in [5, 5.41) is 0. The van der Waals surface area contributed by atoms with Crippen molar-refractivity contribution in [2.45, 2.75) is 0 Å². The van der Waals surface area contributed by atoms with Crippen molar-refractivity contribution in [1.29, 1.82) is 0 Å². The van der Waals surface area contributed by atoms with Crippen LogP contribution in [0.25, 0.3) is 0 Å². The quantitative estimate of drug-likeness (QED) is 0.855. The van der Waals surface area contributed by atoms with E-state index in [1.807, 2.05) is 54.6 Å². The maximum atomic E-state index is 11.6. The molecule has 1 fully saturated rings. The van der Waals surface area contributed by atoms with Gasteiger partial charge in [0.05, 0.1) is 11.6 Å². The Kier molecular flexibility index (Phi) is 3.42. The molecule has 3 nitrogen and oxygen atoms in total. The Hall–Kier alpha value is -1.94. The first-order valence-corrected chi connectivity index (χ1v) is 7.19. The van der Waals surface area contributed by atoms with Crippen molar-refractivity contribution in [2.75, 3.05) is 16.5 Å². The lowest BCUT2D eigenvalue weighted by Crippen LogP contribution is -2.24. The topological polar surface area (TPSA) is 29.5 Å². The van der Waals surface area contributed by atoms with E-state index in [1.54, 1.807) is 16.7 Å². The molecule has 1 saturated heterocycles. The van der Waals surface area contributed by atoms with E-state index < -0.39 is 0 Å². The van der Waals surface area contributed by atoms with Crippen LogP contribution in [0.3, 0.4) is 0 Å². The molecule has 0 unspecified atom stereocenters. The normalized spacial score (nSPS) is 14.7. The molecule has 0 saturated carbocycles. The summed E-state index contributed by atoms with van der Waals surface area (Å²) < 4.78 is 5.71. The van der Waals surface area contributed by atoms with Gasteiger partial charge in [0.25, 0.3) is 0 Å². The molecular weight excluding hydrogens is 258 g/mol. The van der Waals surface area contributed by atoms with Gasteiger partial charge in [0, 0.05) is 5.69 Å². The van der Waals surface area contributed by atoms with Crippen LogP contribution < -0.4 is 9.64 Å². The minimum absolute atomic E-state index is 0.168. The number of hydrogen-bond acceptors (Lipinski definition) is 3. The summed E-state index contributed by atoms with van der Waals surface area (Å²) in [5.74, 6) is 3.05. The van der Waals surface area contributed by atoms with E-state index in [1.165, 1.54) is 0 Å². The fraction of sp³-hybridized carbons (Fsp3) is 0.133. The molecule has 0 bridgehead atoms. The van der Waals surface area contributed by atoms with E-state index in [2.05, 4.69) is 0 Å². The predicted octanol–water partition coefficient (Wildman–Crippen LogP) is 3.52. The number of carbonyl (C=O) groups is 1. The highest BCUT2D eigenvalue weighted by atomic mass is 32.2. The zero-order valence-electron chi connectivity index (χ0n) is 10.3. The lowest BCUT2D eigenvalue weighted by Gasteiger charge is -2.15. The van der Waals surface area contributed by atoms with E-state index in [0.29, 0.717) is 5.75 Å². The lowest BCUT2D eigenvalue weighted by atomic mass is 10.2. The molecule has 96 valence electrons. The van der Waals surface area contributed by atoms with Crippen LogP contribution in [-0.4, -0.2) is 17.5 Å². The number of thioether (sulfide) groups is 1. The Labute approximate surface area is 116 Å². The lowest BCUT2D eigenvalue weighted by molar-refractivity contribution is -0.115. The molecule has 3 rings (SSSR count). The molecule has 0 N–H and O–H groups in total. The molecule has 1 aliphatic heterocycles. The number of hydrogen-bond donors (Lipinski definition) is 0. The van der Waals surface area contributed by atoms with Crippen LogP contribution in [-0.2, 0) is 4.79 Å². The number of amides is 1. The average Bonchev–Trinajstić information content (AvgIpc) is 2.87. The first-order chi connectivity index (χ1) is 9.33. The molecule has 0 radical (unpaired) electrons. The van der Waals surface area contributed by atoms with Crippen molar-refractivity contribution in [3.8, 4) is 11.5 Å². The van der Waals surface area contributed by atoms with Gasteiger partial charge in [-0.1, -0.05) is 18.2 Å².